The van der Waals surface area contributed by atoms with Crippen molar-refractivity contribution in [3.8, 4) is 0 Å². The maximum atomic E-state index is 13.2. The third-order valence-electron chi connectivity index (χ3n) is 5.64. The quantitative estimate of drug-likeness (QED) is 0.717. The highest BCUT2D eigenvalue weighted by Gasteiger charge is 2.37. The monoisotopic (exact) mass is 373 g/mol. The second-order valence-corrected chi connectivity index (χ2v) is 9.19. The molecule has 2 fully saturated rings. The minimum absolute atomic E-state index is 0.183. The number of ether oxygens (including phenoxy) is 1. The number of amides is 1. The number of anilines is 1. The second-order valence-electron chi connectivity index (χ2n) is 9.19. The van der Waals surface area contributed by atoms with Crippen molar-refractivity contribution < 1.29 is 9.53 Å². The molecule has 0 aromatic carbocycles. The van der Waals surface area contributed by atoms with Crippen LogP contribution in [0.2, 0.25) is 0 Å². The molecule has 0 spiro atoms. The summed E-state index contributed by atoms with van der Waals surface area (Å²) >= 11 is 0. The number of rotatable bonds is 4. The van der Waals surface area contributed by atoms with Gasteiger partial charge >= 0.3 is 6.09 Å². The Balaban J connectivity index is 1.98. The van der Waals surface area contributed by atoms with E-state index in [1.54, 1.807) is 6.20 Å². The summed E-state index contributed by atoms with van der Waals surface area (Å²) in [5.74, 6) is 0.802. The van der Waals surface area contributed by atoms with Gasteiger partial charge in [-0.15, -0.1) is 0 Å². The van der Waals surface area contributed by atoms with Crippen LogP contribution in [0.25, 0.3) is 0 Å². The van der Waals surface area contributed by atoms with Crippen LogP contribution in [0, 0.1) is 0 Å². The number of hydrogen-bond acceptors (Lipinski definition) is 4. The van der Waals surface area contributed by atoms with Crippen molar-refractivity contribution in [3.05, 3.63) is 23.9 Å². The molecule has 1 aliphatic heterocycles. The lowest BCUT2D eigenvalue weighted by Gasteiger charge is -2.35. The molecule has 27 heavy (non-hydrogen) atoms. The molecule has 1 saturated carbocycles. The van der Waals surface area contributed by atoms with E-state index in [0.29, 0.717) is 12.1 Å². The standard InChI is InChI=1S/C22H35N3O2/c1-16(2)24-15-9-13-19(24)18-12-8-14-23-20(18)25(17-10-6-7-11-17)21(26)27-22(3,4)5/h8,12,14,16-17,19H,6-7,9-11,13,15H2,1-5H3/t19-/m1/s1. The molecule has 2 heterocycles. The molecule has 1 aliphatic carbocycles. The average molecular weight is 374 g/mol. The fourth-order valence-electron chi connectivity index (χ4n) is 4.49. The molecule has 1 saturated heterocycles. The summed E-state index contributed by atoms with van der Waals surface area (Å²) in [6, 6.07) is 5.13. The van der Waals surface area contributed by atoms with E-state index in [1.807, 2.05) is 31.7 Å². The molecule has 5 heteroatoms. The van der Waals surface area contributed by atoms with Gasteiger partial charge in [-0.3, -0.25) is 9.80 Å². The Morgan fingerprint density at radius 3 is 2.56 bits per heavy atom. The van der Waals surface area contributed by atoms with E-state index in [1.165, 1.54) is 12.0 Å². The van der Waals surface area contributed by atoms with E-state index in [2.05, 4.69) is 24.8 Å². The molecule has 2 aliphatic rings. The normalized spacial score (nSPS) is 21.8. The highest BCUT2D eigenvalue weighted by Crippen LogP contribution is 2.39. The first-order valence-corrected chi connectivity index (χ1v) is 10.5. The van der Waals surface area contributed by atoms with Gasteiger partial charge in [0.2, 0.25) is 0 Å². The fraction of sp³-hybridized carbons (Fsp3) is 0.727. The third kappa shape index (κ3) is 4.63. The number of hydrogen-bond donors (Lipinski definition) is 0. The SMILES string of the molecule is CC(C)N1CCC[C@@H]1c1cccnc1N(C(=O)OC(C)(C)C)C1CCCC1. The summed E-state index contributed by atoms with van der Waals surface area (Å²) < 4.78 is 5.79. The summed E-state index contributed by atoms with van der Waals surface area (Å²) in [5.41, 5.74) is 0.654. The number of carbonyl (C=O) groups excluding carboxylic acids is 1. The molecule has 1 aromatic rings. The van der Waals surface area contributed by atoms with E-state index in [4.69, 9.17) is 9.72 Å². The van der Waals surface area contributed by atoms with E-state index in [-0.39, 0.29) is 12.1 Å². The molecule has 0 N–H and O–H groups in total. The van der Waals surface area contributed by atoms with Gasteiger partial charge in [-0.1, -0.05) is 18.9 Å². The summed E-state index contributed by atoms with van der Waals surface area (Å²) in [4.78, 5) is 22.3. The Kier molecular flexibility index (Phi) is 6.09. The minimum atomic E-state index is -0.514. The second kappa shape index (κ2) is 8.17. The van der Waals surface area contributed by atoms with E-state index in [9.17, 15) is 4.79 Å². The summed E-state index contributed by atoms with van der Waals surface area (Å²) in [6.07, 6.45) is 8.21. The van der Waals surface area contributed by atoms with Crippen LogP contribution in [0.1, 0.15) is 84.7 Å². The lowest BCUT2D eigenvalue weighted by molar-refractivity contribution is 0.0563. The zero-order chi connectivity index (χ0) is 19.6. The fourth-order valence-corrected chi connectivity index (χ4v) is 4.49. The minimum Gasteiger partial charge on any atom is -0.443 e. The predicted molar refractivity (Wildman–Crippen MR) is 109 cm³/mol. The highest BCUT2D eigenvalue weighted by atomic mass is 16.6. The zero-order valence-electron chi connectivity index (χ0n) is 17.6. The molecule has 0 radical (unpaired) electrons. The first-order valence-electron chi connectivity index (χ1n) is 10.5. The maximum Gasteiger partial charge on any atom is 0.416 e. The van der Waals surface area contributed by atoms with E-state index >= 15 is 0 Å². The van der Waals surface area contributed by atoms with Crippen molar-refractivity contribution in [3.63, 3.8) is 0 Å². The van der Waals surface area contributed by atoms with Crippen LogP contribution in [-0.2, 0) is 4.74 Å². The summed E-state index contributed by atoms with van der Waals surface area (Å²) in [7, 11) is 0. The highest BCUT2D eigenvalue weighted by molar-refractivity contribution is 5.88. The van der Waals surface area contributed by atoms with Crippen molar-refractivity contribution in [1.82, 2.24) is 9.88 Å². The van der Waals surface area contributed by atoms with Gasteiger partial charge in [0.1, 0.15) is 11.4 Å². The van der Waals surface area contributed by atoms with Crippen molar-refractivity contribution >= 4 is 11.9 Å². The van der Waals surface area contributed by atoms with Crippen LogP contribution >= 0.6 is 0 Å². The van der Waals surface area contributed by atoms with Gasteiger partial charge in [0, 0.05) is 29.9 Å². The lowest BCUT2D eigenvalue weighted by atomic mass is 10.0. The average Bonchev–Trinajstić information content (AvgIpc) is 3.25. The largest absolute Gasteiger partial charge is 0.443 e. The Morgan fingerprint density at radius 2 is 1.93 bits per heavy atom. The van der Waals surface area contributed by atoms with Crippen LogP contribution in [0.5, 0.6) is 0 Å². The van der Waals surface area contributed by atoms with Gasteiger partial charge in [-0.2, -0.15) is 0 Å². The van der Waals surface area contributed by atoms with Crippen LogP contribution < -0.4 is 4.90 Å². The van der Waals surface area contributed by atoms with Crippen molar-refractivity contribution in [1.29, 1.82) is 0 Å². The van der Waals surface area contributed by atoms with Crippen LogP contribution in [0.3, 0.4) is 0 Å². The van der Waals surface area contributed by atoms with E-state index in [0.717, 1.165) is 44.5 Å². The molecule has 0 bridgehead atoms. The van der Waals surface area contributed by atoms with E-state index < -0.39 is 5.60 Å². The molecule has 5 nitrogen and oxygen atoms in total. The van der Waals surface area contributed by atoms with Crippen molar-refractivity contribution in [2.24, 2.45) is 0 Å². The number of pyridine rings is 1. The predicted octanol–water partition coefficient (Wildman–Crippen LogP) is 5.31. The van der Waals surface area contributed by atoms with Crippen LogP contribution in [0.15, 0.2) is 18.3 Å². The van der Waals surface area contributed by atoms with Gasteiger partial charge in [0.05, 0.1) is 0 Å². The zero-order valence-corrected chi connectivity index (χ0v) is 17.6. The number of aromatic nitrogens is 1. The summed E-state index contributed by atoms with van der Waals surface area (Å²) in [5, 5.41) is 0. The first kappa shape index (κ1) is 20.1. The number of carbonyl (C=O) groups is 1. The molecule has 0 unspecified atom stereocenters. The molecule has 1 atom stereocenters. The van der Waals surface area contributed by atoms with Gasteiger partial charge < -0.3 is 4.74 Å². The molecule has 150 valence electrons. The van der Waals surface area contributed by atoms with Crippen LogP contribution in [0.4, 0.5) is 10.6 Å². The molecular weight excluding hydrogens is 338 g/mol. The maximum absolute atomic E-state index is 13.2. The Morgan fingerprint density at radius 1 is 1.22 bits per heavy atom. The Bertz CT molecular complexity index is 647. The smallest absolute Gasteiger partial charge is 0.416 e. The van der Waals surface area contributed by atoms with Gasteiger partial charge in [0.15, 0.2) is 0 Å². The van der Waals surface area contributed by atoms with Crippen molar-refractivity contribution in [2.75, 3.05) is 11.4 Å². The van der Waals surface area contributed by atoms with Gasteiger partial charge in [0.25, 0.3) is 0 Å². The Labute approximate surface area is 164 Å². The van der Waals surface area contributed by atoms with Crippen LogP contribution in [-0.4, -0.2) is 40.2 Å². The van der Waals surface area contributed by atoms with Crippen molar-refractivity contribution in [2.45, 2.75) is 96.9 Å². The third-order valence-corrected chi connectivity index (χ3v) is 5.64. The topological polar surface area (TPSA) is 45.7 Å². The number of likely N-dealkylation sites (tertiary alicyclic amines) is 1. The first-order chi connectivity index (χ1) is 12.8. The molecule has 3 rings (SSSR count). The van der Waals surface area contributed by atoms with Gasteiger partial charge in [-0.25, -0.2) is 9.78 Å². The molecular formula is C22H35N3O2. The molecule has 1 aromatic heterocycles. The molecule has 1 amide bonds. The Hall–Kier alpha value is -1.62. The lowest BCUT2D eigenvalue weighted by Crippen LogP contribution is -2.44. The van der Waals surface area contributed by atoms with Gasteiger partial charge in [-0.05, 0) is 72.9 Å². The number of nitrogens with zero attached hydrogens (tertiary/aromatic N) is 3. The summed E-state index contributed by atoms with van der Waals surface area (Å²) in [6.45, 7) is 11.4.